The maximum atomic E-state index is 14.8. The number of halogens is 3. The quantitative estimate of drug-likeness (QED) is 0.271. The topological polar surface area (TPSA) is 128 Å². The Morgan fingerprint density at radius 1 is 1.07 bits per heavy atom. The number of aromatic nitrogens is 5. The normalized spacial score (nSPS) is 18.5. The first kappa shape index (κ1) is 31.3. The van der Waals surface area contributed by atoms with Gasteiger partial charge >= 0.3 is 12.1 Å². The molecular formula is C32H34F3N7O4. The molecule has 4 aromatic rings. The minimum atomic E-state index is -4.80. The minimum Gasteiger partial charge on any atom is -0.481 e. The smallest absolute Gasteiger partial charge is 0.429 e. The fourth-order valence-corrected chi connectivity index (χ4v) is 6.22. The van der Waals surface area contributed by atoms with Crippen molar-refractivity contribution >= 4 is 11.8 Å². The van der Waals surface area contributed by atoms with Crippen LogP contribution in [0, 0.1) is 19.3 Å². The Morgan fingerprint density at radius 3 is 2.43 bits per heavy atom. The number of methoxy groups -OCH3 is 1. The van der Waals surface area contributed by atoms with Crippen molar-refractivity contribution in [2.24, 2.45) is 5.41 Å². The van der Waals surface area contributed by atoms with Crippen molar-refractivity contribution < 1.29 is 32.5 Å². The zero-order valence-electron chi connectivity index (χ0n) is 25.6. The summed E-state index contributed by atoms with van der Waals surface area (Å²) in [6.45, 7) is 5.15. The Morgan fingerprint density at radius 2 is 1.83 bits per heavy atom. The van der Waals surface area contributed by atoms with Gasteiger partial charge in [-0.25, -0.2) is 14.6 Å². The number of pyridine rings is 1. The summed E-state index contributed by atoms with van der Waals surface area (Å²) in [6.07, 6.45) is -1.95. The average Bonchev–Trinajstić information content (AvgIpc) is 3.66. The van der Waals surface area contributed by atoms with Gasteiger partial charge in [-0.15, -0.1) is 0 Å². The molecular weight excluding hydrogens is 603 g/mol. The monoisotopic (exact) mass is 637 g/mol. The summed E-state index contributed by atoms with van der Waals surface area (Å²) < 4.78 is 56.7. The number of carbonyl (C=O) groups is 1. The van der Waals surface area contributed by atoms with Crippen LogP contribution >= 0.6 is 0 Å². The Balaban J connectivity index is 1.30. The number of carboxylic acids is 1. The first-order valence-corrected chi connectivity index (χ1v) is 14.9. The van der Waals surface area contributed by atoms with E-state index in [1.165, 1.54) is 23.9 Å². The summed E-state index contributed by atoms with van der Waals surface area (Å²) in [5.74, 6) is 0.0890. The van der Waals surface area contributed by atoms with Gasteiger partial charge in [0.05, 0.1) is 18.5 Å². The van der Waals surface area contributed by atoms with Gasteiger partial charge in [0.15, 0.2) is 0 Å². The number of rotatable bonds is 8. The number of carboxylic acid groups (broad SMARTS) is 1. The molecule has 3 aromatic heterocycles. The second kappa shape index (κ2) is 12.2. The fourth-order valence-electron chi connectivity index (χ4n) is 6.22. The van der Waals surface area contributed by atoms with E-state index in [2.05, 4.69) is 25.4 Å². The standard InChI is InChI=1S/C32H34F3N7O4/c1-19-8-11-42(40-19)25-14-21(22-5-7-27(45-3)36-17-22)4-6-23(25)29(32(33,34)35)46-28-15-26(38-20(2)39-28)41-12-9-31(10-13-41)16-24(30(43)44)37-18-31/h4-8,11,14-15,17,24,29,37H,9-10,12-13,16,18H2,1-3H3,(H,43,44)/t24-,29+/m0/s1. The van der Waals surface area contributed by atoms with E-state index < -0.39 is 24.3 Å². The van der Waals surface area contributed by atoms with Crippen LogP contribution in [0.1, 0.15) is 42.4 Å². The lowest BCUT2D eigenvalue weighted by Gasteiger charge is -2.39. The highest BCUT2D eigenvalue weighted by atomic mass is 19.4. The molecule has 2 atom stereocenters. The Labute approximate surface area is 263 Å². The summed E-state index contributed by atoms with van der Waals surface area (Å²) in [4.78, 5) is 26.4. The molecule has 1 spiro atoms. The van der Waals surface area contributed by atoms with Crippen molar-refractivity contribution in [2.75, 3.05) is 31.6 Å². The third-order valence-electron chi connectivity index (χ3n) is 8.70. The van der Waals surface area contributed by atoms with E-state index in [9.17, 15) is 23.1 Å². The van der Waals surface area contributed by atoms with Gasteiger partial charge in [0.25, 0.3) is 0 Å². The Hall–Kier alpha value is -4.72. The second-order valence-corrected chi connectivity index (χ2v) is 11.9. The molecule has 14 heteroatoms. The summed E-state index contributed by atoms with van der Waals surface area (Å²) in [5.41, 5.74) is 1.89. The number of benzene rings is 1. The zero-order valence-corrected chi connectivity index (χ0v) is 25.6. The lowest BCUT2D eigenvalue weighted by atomic mass is 9.76. The first-order chi connectivity index (χ1) is 21.9. The summed E-state index contributed by atoms with van der Waals surface area (Å²) in [5, 5.41) is 16.9. The molecule has 2 aliphatic heterocycles. The highest BCUT2D eigenvalue weighted by Gasteiger charge is 2.46. The van der Waals surface area contributed by atoms with Gasteiger partial charge in [0.1, 0.15) is 17.7 Å². The van der Waals surface area contributed by atoms with Gasteiger partial charge in [-0.1, -0.05) is 12.1 Å². The van der Waals surface area contributed by atoms with Crippen LogP contribution in [0.15, 0.2) is 54.9 Å². The molecule has 2 aliphatic rings. The molecule has 0 aliphatic carbocycles. The van der Waals surface area contributed by atoms with Crippen molar-refractivity contribution in [1.82, 2.24) is 30.0 Å². The van der Waals surface area contributed by atoms with Crippen LogP contribution in [0.3, 0.4) is 0 Å². The van der Waals surface area contributed by atoms with E-state index in [4.69, 9.17) is 9.47 Å². The molecule has 2 saturated heterocycles. The van der Waals surface area contributed by atoms with E-state index in [-0.39, 0.29) is 28.4 Å². The van der Waals surface area contributed by atoms with Crippen molar-refractivity contribution in [1.29, 1.82) is 0 Å². The van der Waals surface area contributed by atoms with Crippen LogP contribution in [0.4, 0.5) is 19.0 Å². The number of aryl methyl sites for hydroxylation is 2. The van der Waals surface area contributed by atoms with Crippen LogP contribution in [0.25, 0.3) is 16.8 Å². The Kier molecular flexibility index (Phi) is 8.32. The largest absolute Gasteiger partial charge is 0.481 e. The molecule has 5 heterocycles. The molecule has 242 valence electrons. The van der Waals surface area contributed by atoms with Crippen LogP contribution < -0.4 is 19.7 Å². The van der Waals surface area contributed by atoms with Crippen LogP contribution in [-0.2, 0) is 4.79 Å². The first-order valence-electron chi connectivity index (χ1n) is 14.9. The summed E-state index contributed by atoms with van der Waals surface area (Å²) in [7, 11) is 1.50. The molecule has 0 bridgehead atoms. The number of nitrogens with one attached hydrogen (secondary N) is 1. The predicted molar refractivity (Wildman–Crippen MR) is 162 cm³/mol. The predicted octanol–water partition coefficient (Wildman–Crippen LogP) is 5.07. The van der Waals surface area contributed by atoms with E-state index >= 15 is 0 Å². The third kappa shape index (κ3) is 6.48. The van der Waals surface area contributed by atoms with Crippen LogP contribution in [-0.4, -0.2) is 74.8 Å². The van der Waals surface area contributed by atoms with Crippen molar-refractivity contribution in [3.63, 3.8) is 0 Å². The lowest BCUT2D eigenvalue weighted by molar-refractivity contribution is -0.198. The number of anilines is 1. The van der Waals surface area contributed by atoms with Gasteiger partial charge in [-0.3, -0.25) is 4.79 Å². The molecule has 0 unspecified atom stereocenters. The number of piperidine rings is 1. The maximum absolute atomic E-state index is 14.8. The average molecular weight is 638 g/mol. The van der Waals surface area contributed by atoms with Gasteiger partial charge in [-0.05, 0) is 62.3 Å². The molecule has 1 aromatic carbocycles. The van der Waals surface area contributed by atoms with Gasteiger partial charge in [0, 0.05) is 55.3 Å². The van der Waals surface area contributed by atoms with Gasteiger partial charge < -0.3 is 24.8 Å². The van der Waals surface area contributed by atoms with E-state index in [1.807, 2.05) is 4.90 Å². The number of aliphatic carboxylic acids is 1. The van der Waals surface area contributed by atoms with Crippen molar-refractivity contribution in [3.8, 4) is 28.6 Å². The molecule has 2 N–H and O–H groups in total. The van der Waals surface area contributed by atoms with Crippen molar-refractivity contribution in [2.45, 2.75) is 51.4 Å². The van der Waals surface area contributed by atoms with E-state index in [0.29, 0.717) is 54.6 Å². The zero-order chi connectivity index (χ0) is 32.6. The van der Waals surface area contributed by atoms with E-state index in [0.717, 1.165) is 12.8 Å². The highest BCUT2D eigenvalue weighted by molar-refractivity contribution is 5.74. The van der Waals surface area contributed by atoms with Crippen LogP contribution in [0.2, 0.25) is 0 Å². The van der Waals surface area contributed by atoms with Crippen molar-refractivity contribution in [3.05, 3.63) is 71.9 Å². The van der Waals surface area contributed by atoms with Gasteiger partial charge in [-0.2, -0.15) is 23.3 Å². The number of ether oxygens (including phenoxy) is 2. The van der Waals surface area contributed by atoms with Crippen LogP contribution in [0.5, 0.6) is 11.8 Å². The number of alkyl halides is 3. The fraction of sp³-hybridized carbons (Fsp3) is 0.406. The molecule has 6 rings (SSSR count). The molecule has 0 radical (unpaired) electrons. The lowest BCUT2D eigenvalue weighted by Crippen LogP contribution is -2.41. The number of hydrogen-bond acceptors (Lipinski definition) is 9. The Bertz CT molecular complexity index is 1720. The molecule has 0 amide bonds. The van der Waals surface area contributed by atoms with E-state index in [1.54, 1.807) is 56.6 Å². The maximum Gasteiger partial charge on any atom is 0.429 e. The number of hydrogen-bond donors (Lipinski definition) is 2. The summed E-state index contributed by atoms with van der Waals surface area (Å²) >= 11 is 0. The highest BCUT2D eigenvalue weighted by Crippen LogP contribution is 2.42. The molecule has 46 heavy (non-hydrogen) atoms. The molecule has 11 nitrogen and oxygen atoms in total. The third-order valence-corrected chi connectivity index (χ3v) is 8.70. The summed E-state index contributed by atoms with van der Waals surface area (Å²) in [6, 6.07) is 10.6. The molecule has 0 saturated carbocycles. The minimum absolute atomic E-state index is 0.127. The second-order valence-electron chi connectivity index (χ2n) is 11.9. The van der Waals surface area contributed by atoms with Gasteiger partial charge in [0.2, 0.25) is 17.9 Å². The molecule has 2 fully saturated rings. The number of nitrogens with zero attached hydrogens (tertiary/aromatic N) is 6. The SMILES string of the molecule is COc1ccc(-c2ccc([C@@H](Oc3cc(N4CCC5(CC4)CN[C@H](C(=O)O)C5)nc(C)n3)C(F)(F)F)c(-n3ccc(C)n3)c2)cn1.